The van der Waals surface area contributed by atoms with Crippen LogP contribution in [-0.4, -0.2) is 18.1 Å². The molecule has 3 heteroatoms. The first kappa shape index (κ1) is 10.3. The van der Waals surface area contributed by atoms with E-state index >= 15 is 0 Å². The zero-order valence-electron chi connectivity index (χ0n) is 8.34. The molecular formula is C10H15ClN2. The van der Waals surface area contributed by atoms with E-state index < -0.39 is 0 Å². The average molecular weight is 199 g/mol. The van der Waals surface area contributed by atoms with Crippen LogP contribution in [0.2, 0.25) is 5.15 Å². The molecule has 0 radical (unpaired) electrons. The zero-order chi connectivity index (χ0) is 9.84. The molecule has 2 nitrogen and oxygen atoms in total. The Morgan fingerprint density at radius 2 is 1.92 bits per heavy atom. The van der Waals surface area contributed by atoms with Gasteiger partial charge in [0.2, 0.25) is 0 Å². The van der Waals surface area contributed by atoms with E-state index in [2.05, 4.69) is 29.8 Å². The van der Waals surface area contributed by atoms with E-state index in [0.717, 1.165) is 24.5 Å². The lowest BCUT2D eigenvalue weighted by molar-refractivity contribution is 0.845. The maximum absolute atomic E-state index is 5.87. The number of rotatable bonds is 3. The van der Waals surface area contributed by atoms with Gasteiger partial charge in [0.1, 0.15) is 11.0 Å². The maximum atomic E-state index is 5.87. The molecular weight excluding hydrogens is 184 g/mol. The van der Waals surface area contributed by atoms with Crippen LogP contribution in [0.4, 0.5) is 5.82 Å². The summed E-state index contributed by atoms with van der Waals surface area (Å²) >= 11 is 5.87. The molecule has 1 aromatic heterocycles. The predicted octanol–water partition coefficient (Wildman–Crippen LogP) is 2.89. The molecule has 0 aromatic carbocycles. The predicted molar refractivity (Wildman–Crippen MR) is 57.5 cm³/mol. The Kier molecular flexibility index (Phi) is 3.55. The monoisotopic (exact) mass is 198 g/mol. The molecule has 0 aliphatic heterocycles. The maximum Gasteiger partial charge on any atom is 0.131 e. The smallest absolute Gasteiger partial charge is 0.131 e. The fraction of sp³-hybridized carbons (Fsp3) is 0.500. The van der Waals surface area contributed by atoms with Gasteiger partial charge in [-0.25, -0.2) is 4.98 Å². The minimum atomic E-state index is 0.571. The third-order valence-corrected chi connectivity index (χ3v) is 2.21. The third-order valence-electron chi connectivity index (χ3n) is 2.01. The molecule has 0 spiro atoms. The van der Waals surface area contributed by atoms with Gasteiger partial charge in [0.25, 0.3) is 0 Å². The standard InChI is InChI=1S/C10H15ClN2/c1-4-13(5-2)10-7-8(3)6-9(11)12-10/h6-7H,4-5H2,1-3H3. The van der Waals surface area contributed by atoms with Crippen LogP contribution in [0.1, 0.15) is 19.4 Å². The van der Waals surface area contributed by atoms with Crippen molar-refractivity contribution < 1.29 is 0 Å². The van der Waals surface area contributed by atoms with Gasteiger partial charge in [-0.1, -0.05) is 11.6 Å². The van der Waals surface area contributed by atoms with Crippen molar-refractivity contribution in [3.8, 4) is 0 Å². The summed E-state index contributed by atoms with van der Waals surface area (Å²) in [4.78, 5) is 6.45. The largest absolute Gasteiger partial charge is 0.357 e. The quantitative estimate of drug-likeness (QED) is 0.695. The summed E-state index contributed by atoms with van der Waals surface area (Å²) < 4.78 is 0. The molecule has 0 saturated heterocycles. The van der Waals surface area contributed by atoms with Crippen molar-refractivity contribution in [2.24, 2.45) is 0 Å². The van der Waals surface area contributed by atoms with Crippen molar-refractivity contribution in [2.75, 3.05) is 18.0 Å². The Bertz CT molecular complexity index is 262. The van der Waals surface area contributed by atoms with E-state index in [4.69, 9.17) is 11.6 Å². The molecule has 0 aliphatic carbocycles. The lowest BCUT2D eigenvalue weighted by atomic mass is 10.3. The van der Waals surface area contributed by atoms with Crippen molar-refractivity contribution in [3.05, 3.63) is 22.8 Å². The second-order valence-electron chi connectivity index (χ2n) is 3.00. The molecule has 0 unspecified atom stereocenters. The molecule has 0 saturated carbocycles. The normalized spacial score (nSPS) is 10.2. The first-order valence-electron chi connectivity index (χ1n) is 4.56. The summed E-state index contributed by atoms with van der Waals surface area (Å²) in [5, 5.41) is 0.571. The van der Waals surface area contributed by atoms with Crippen molar-refractivity contribution in [3.63, 3.8) is 0 Å². The minimum Gasteiger partial charge on any atom is -0.357 e. The number of hydrogen-bond acceptors (Lipinski definition) is 2. The van der Waals surface area contributed by atoms with Crippen molar-refractivity contribution in [1.82, 2.24) is 4.98 Å². The number of hydrogen-bond donors (Lipinski definition) is 0. The van der Waals surface area contributed by atoms with Gasteiger partial charge in [-0.3, -0.25) is 0 Å². The van der Waals surface area contributed by atoms with Crippen LogP contribution in [0.15, 0.2) is 12.1 Å². The van der Waals surface area contributed by atoms with Gasteiger partial charge in [-0.05, 0) is 38.5 Å². The molecule has 0 N–H and O–H groups in total. The van der Waals surface area contributed by atoms with E-state index in [1.165, 1.54) is 0 Å². The molecule has 1 aromatic rings. The number of anilines is 1. The fourth-order valence-corrected chi connectivity index (χ4v) is 1.58. The number of halogens is 1. The van der Waals surface area contributed by atoms with E-state index in [1.54, 1.807) is 0 Å². The fourth-order valence-electron chi connectivity index (χ4n) is 1.32. The summed E-state index contributed by atoms with van der Waals surface area (Å²) in [5.41, 5.74) is 1.15. The average Bonchev–Trinajstić information content (AvgIpc) is 2.04. The third kappa shape index (κ3) is 2.59. The molecule has 1 heterocycles. The highest BCUT2D eigenvalue weighted by Crippen LogP contribution is 2.17. The molecule has 0 fully saturated rings. The molecule has 0 atom stereocenters. The van der Waals surface area contributed by atoms with E-state index in [0.29, 0.717) is 5.15 Å². The second kappa shape index (κ2) is 4.47. The van der Waals surface area contributed by atoms with Crippen LogP contribution < -0.4 is 4.90 Å². The van der Waals surface area contributed by atoms with Crippen molar-refractivity contribution >= 4 is 17.4 Å². The van der Waals surface area contributed by atoms with Crippen LogP contribution in [0.5, 0.6) is 0 Å². The van der Waals surface area contributed by atoms with E-state index in [1.807, 2.05) is 13.0 Å². The summed E-state index contributed by atoms with van der Waals surface area (Å²) in [5.74, 6) is 0.968. The zero-order valence-corrected chi connectivity index (χ0v) is 9.10. The molecule has 0 aliphatic rings. The van der Waals surface area contributed by atoms with Crippen LogP contribution in [-0.2, 0) is 0 Å². The number of pyridine rings is 1. The Balaban J connectivity index is 2.99. The SMILES string of the molecule is CCN(CC)c1cc(C)cc(Cl)n1. The first-order valence-corrected chi connectivity index (χ1v) is 4.94. The van der Waals surface area contributed by atoms with E-state index in [-0.39, 0.29) is 0 Å². The molecule has 13 heavy (non-hydrogen) atoms. The Hall–Kier alpha value is -0.760. The van der Waals surface area contributed by atoms with Crippen LogP contribution in [0.3, 0.4) is 0 Å². The van der Waals surface area contributed by atoms with Gasteiger partial charge in [-0.15, -0.1) is 0 Å². The Morgan fingerprint density at radius 1 is 1.31 bits per heavy atom. The molecule has 1 rings (SSSR count). The summed E-state index contributed by atoms with van der Waals surface area (Å²) in [6.07, 6.45) is 0. The van der Waals surface area contributed by atoms with Crippen LogP contribution in [0, 0.1) is 6.92 Å². The summed E-state index contributed by atoms with van der Waals surface area (Å²) in [7, 11) is 0. The van der Waals surface area contributed by atoms with Gasteiger partial charge >= 0.3 is 0 Å². The van der Waals surface area contributed by atoms with Crippen molar-refractivity contribution in [2.45, 2.75) is 20.8 Å². The van der Waals surface area contributed by atoms with Crippen molar-refractivity contribution in [1.29, 1.82) is 0 Å². The topological polar surface area (TPSA) is 16.1 Å². The van der Waals surface area contributed by atoms with Gasteiger partial charge in [0.05, 0.1) is 0 Å². The lowest BCUT2D eigenvalue weighted by Gasteiger charge is -2.20. The highest BCUT2D eigenvalue weighted by Gasteiger charge is 2.04. The summed E-state index contributed by atoms with van der Waals surface area (Å²) in [6.45, 7) is 8.18. The van der Waals surface area contributed by atoms with Gasteiger partial charge in [0, 0.05) is 13.1 Å². The number of aromatic nitrogens is 1. The molecule has 0 bridgehead atoms. The Morgan fingerprint density at radius 3 is 2.38 bits per heavy atom. The molecule has 0 amide bonds. The highest BCUT2D eigenvalue weighted by molar-refractivity contribution is 6.29. The van der Waals surface area contributed by atoms with Gasteiger partial charge in [0.15, 0.2) is 0 Å². The number of nitrogens with zero attached hydrogens (tertiary/aromatic N) is 2. The molecule has 72 valence electrons. The summed E-state index contributed by atoms with van der Waals surface area (Å²) in [6, 6.07) is 3.92. The number of aryl methyl sites for hydroxylation is 1. The Labute approximate surface area is 84.5 Å². The highest BCUT2D eigenvalue weighted by atomic mass is 35.5. The van der Waals surface area contributed by atoms with Crippen LogP contribution >= 0.6 is 11.6 Å². The first-order chi connectivity index (χ1) is 6.17. The van der Waals surface area contributed by atoms with E-state index in [9.17, 15) is 0 Å². The van der Waals surface area contributed by atoms with Crippen LogP contribution in [0.25, 0.3) is 0 Å². The minimum absolute atomic E-state index is 0.571. The van der Waals surface area contributed by atoms with Gasteiger partial charge < -0.3 is 4.90 Å². The second-order valence-corrected chi connectivity index (χ2v) is 3.38. The van der Waals surface area contributed by atoms with Gasteiger partial charge in [-0.2, -0.15) is 0 Å². The lowest BCUT2D eigenvalue weighted by Crippen LogP contribution is -2.22.